The van der Waals surface area contributed by atoms with Crippen molar-refractivity contribution in [1.29, 1.82) is 0 Å². The third-order valence-electron chi connectivity index (χ3n) is 7.73. The number of rotatable bonds is 20. The molecule has 2 aromatic rings. The maximum Gasteiger partial charge on any atom is 0.243 e. The van der Waals surface area contributed by atoms with Crippen molar-refractivity contribution in [3.63, 3.8) is 0 Å². The maximum atomic E-state index is 13.7. The first-order valence-corrected chi connectivity index (χ1v) is 17.9. The first-order chi connectivity index (χ1) is 23.9. The number of nitrogens with zero attached hydrogens (tertiary/aromatic N) is 2. The molecule has 0 aliphatic carbocycles. The minimum atomic E-state index is -0.942. The number of ketones is 2. The topological polar surface area (TPSA) is 175 Å². The Morgan fingerprint density at radius 3 is 2.04 bits per heavy atom. The molecule has 0 heterocycles. The van der Waals surface area contributed by atoms with Crippen molar-refractivity contribution in [3.8, 4) is 0 Å². The Balaban J connectivity index is 0.00000578. The summed E-state index contributed by atoms with van der Waals surface area (Å²) in [5.74, 6) is -0.977. The van der Waals surface area contributed by atoms with Crippen LogP contribution in [-0.4, -0.2) is 92.5 Å². The van der Waals surface area contributed by atoms with E-state index in [0.29, 0.717) is 38.3 Å². The van der Waals surface area contributed by atoms with Gasteiger partial charge in [0.1, 0.15) is 23.7 Å². The average molecular weight is 698 g/mol. The van der Waals surface area contributed by atoms with E-state index in [-0.39, 0.29) is 49.2 Å². The number of benzene rings is 2. The number of unbranched alkanes of at least 4 members (excludes halogenated alkanes) is 1. The first kappa shape index (κ1) is 45.7. The van der Waals surface area contributed by atoms with Gasteiger partial charge < -0.3 is 36.7 Å². The van der Waals surface area contributed by atoms with Crippen LogP contribution in [0.5, 0.6) is 0 Å². The SMILES string of the molecule is CC.CC.CNC(CCCCNC(=O)C(Cc1cccc2ccccc12)NC(=O)C(CCCN=C(N)N(C)C)NC(=O)CCC(C)=O)C(C)=O. The highest BCUT2D eigenvalue weighted by atomic mass is 16.2. The van der Waals surface area contributed by atoms with Gasteiger partial charge in [0, 0.05) is 46.4 Å². The van der Waals surface area contributed by atoms with Gasteiger partial charge >= 0.3 is 0 Å². The van der Waals surface area contributed by atoms with Crippen molar-refractivity contribution in [2.45, 2.75) is 111 Å². The van der Waals surface area contributed by atoms with E-state index in [0.717, 1.165) is 22.8 Å². The van der Waals surface area contributed by atoms with Gasteiger partial charge in [-0.05, 0) is 69.3 Å². The second kappa shape index (κ2) is 26.5. The van der Waals surface area contributed by atoms with Crippen LogP contribution < -0.4 is 27.0 Å². The Hall–Kier alpha value is -4.32. The third kappa shape index (κ3) is 17.9. The van der Waals surface area contributed by atoms with E-state index in [4.69, 9.17) is 5.73 Å². The van der Waals surface area contributed by atoms with E-state index < -0.39 is 23.9 Å². The van der Waals surface area contributed by atoms with Gasteiger partial charge in [0.05, 0.1) is 6.04 Å². The molecule has 0 aromatic heterocycles. The molecule has 0 aliphatic rings. The van der Waals surface area contributed by atoms with Crippen molar-refractivity contribution in [3.05, 3.63) is 48.0 Å². The zero-order valence-electron chi connectivity index (χ0n) is 31.9. The Morgan fingerprint density at radius 1 is 0.780 bits per heavy atom. The van der Waals surface area contributed by atoms with E-state index in [1.54, 1.807) is 33.0 Å². The van der Waals surface area contributed by atoms with Crippen molar-refractivity contribution >= 4 is 46.0 Å². The predicted molar refractivity (Wildman–Crippen MR) is 204 cm³/mol. The molecule has 0 spiro atoms. The zero-order valence-corrected chi connectivity index (χ0v) is 31.9. The van der Waals surface area contributed by atoms with E-state index in [1.165, 1.54) is 6.92 Å². The average Bonchev–Trinajstić information content (AvgIpc) is 3.11. The van der Waals surface area contributed by atoms with Crippen molar-refractivity contribution in [2.75, 3.05) is 34.2 Å². The number of nitrogens with one attached hydrogen (secondary N) is 4. The largest absolute Gasteiger partial charge is 0.370 e. The number of aliphatic imine (C=N–C) groups is 1. The van der Waals surface area contributed by atoms with Gasteiger partial charge in [0.15, 0.2) is 5.96 Å². The van der Waals surface area contributed by atoms with Gasteiger partial charge in [0.25, 0.3) is 0 Å². The van der Waals surface area contributed by atoms with Gasteiger partial charge in [-0.25, -0.2) is 0 Å². The number of nitrogens with two attached hydrogens (primary N) is 1. The van der Waals surface area contributed by atoms with Crippen LogP contribution in [0.4, 0.5) is 0 Å². The lowest BCUT2D eigenvalue weighted by Gasteiger charge is -2.24. The number of likely N-dealkylation sites (N-methyl/N-ethyl adjacent to an activating group) is 1. The number of carbonyl (C=O) groups is 5. The molecule has 0 radical (unpaired) electrons. The minimum absolute atomic E-state index is 0.0389. The molecule has 3 unspecified atom stereocenters. The normalized spacial score (nSPS) is 12.5. The Bertz CT molecular complexity index is 1360. The van der Waals surface area contributed by atoms with Crippen LogP contribution in [0.15, 0.2) is 47.5 Å². The number of Topliss-reactive ketones (excluding diaryl/α,β-unsaturated/α-hetero) is 2. The molecule has 50 heavy (non-hydrogen) atoms. The second-order valence-corrected chi connectivity index (χ2v) is 11.7. The fourth-order valence-electron chi connectivity index (χ4n) is 4.99. The lowest BCUT2D eigenvalue weighted by atomic mass is 9.98. The molecule has 12 nitrogen and oxygen atoms in total. The molecule has 0 saturated heterocycles. The third-order valence-corrected chi connectivity index (χ3v) is 7.73. The van der Waals surface area contributed by atoms with Gasteiger partial charge in [-0.3, -0.25) is 24.2 Å². The fraction of sp³-hybridized carbons (Fsp3) is 0.579. The van der Waals surface area contributed by atoms with Crippen LogP contribution in [0.3, 0.4) is 0 Å². The summed E-state index contributed by atoms with van der Waals surface area (Å²) in [6.07, 6.45) is 3.03. The highest BCUT2D eigenvalue weighted by molar-refractivity contribution is 5.93. The van der Waals surface area contributed by atoms with Gasteiger partial charge in [-0.15, -0.1) is 0 Å². The number of amides is 3. The van der Waals surface area contributed by atoms with E-state index >= 15 is 0 Å². The van der Waals surface area contributed by atoms with Crippen LogP contribution >= 0.6 is 0 Å². The van der Waals surface area contributed by atoms with Crippen LogP contribution in [0, 0.1) is 0 Å². The smallest absolute Gasteiger partial charge is 0.243 e. The standard InChI is InChI=1S/C34H51N7O5.2C2H6/c1-23(42)18-19-31(44)39-29(17-11-21-38-34(35)41(4)5)33(46)40-30(22-26-14-10-13-25-12-6-7-15-27(25)26)32(45)37-20-9-8-16-28(36-3)24(2)43;2*1-2/h6-7,10,12-15,28-30,36H,8-9,11,16-22H2,1-5H3,(H2,35,38)(H,37,45)(H,39,44)(H,40,46);2*1-2H3. The Labute approximate surface area is 299 Å². The highest BCUT2D eigenvalue weighted by Crippen LogP contribution is 2.20. The van der Waals surface area contributed by atoms with Crippen molar-refractivity contribution in [1.82, 2.24) is 26.2 Å². The van der Waals surface area contributed by atoms with Gasteiger partial charge in [0.2, 0.25) is 17.7 Å². The molecule has 0 aliphatic heterocycles. The van der Waals surface area contributed by atoms with Crippen LogP contribution in [0.25, 0.3) is 10.8 Å². The highest BCUT2D eigenvalue weighted by Gasteiger charge is 2.27. The van der Waals surface area contributed by atoms with Gasteiger partial charge in [-0.2, -0.15) is 0 Å². The summed E-state index contributed by atoms with van der Waals surface area (Å²) >= 11 is 0. The molecule has 2 aromatic carbocycles. The summed E-state index contributed by atoms with van der Waals surface area (Å²) in [5.41, 5.74) is 6.78. The maximum absolute atomic E-state index is 13.7. The lowest BCUT2D eigenvalue weighted by molar-refractivity contribution is -0.132. The van der Waals surface area contributed by atoms with Crippen molar-refractivity contribution < 1.29 is 24.0 Å². The minimum Gasteiger partial charge on any atom is -0.370 e. The lowest BCUT2D eigenvalue weighted by Crippen LogP contribution is -2.54. The van der Waals surface area contributed by atoms with E-state index in [2.05, 4.69) is 26.3 Å². The Kier molecular flexibility index (Phi) is 24.2. The molecule has 0 saturated carbocycles. The molecule has 0 bridgehead atoms. The number of guanidine groups is 1. The number of hydrogen-bond acceptors (Lipinski definition) is 7. The van der Waals surface area contributed by atoms with E-state index in [9.17, 15) is 24.0 Å². The van der Waals surface area contributed by atoms with Crippen LogP contribution in [0.2, 0.25) is 0 Å². The summed E-state index contributed by atoms with van der Waals surface area (Å²) in [6, 6.07) is 11.6. The first-order valence-electron chi connectivity index (χ1n) is 17.9. The summed E-state index contributed by atoms with van der Waals surface area (Å²) in [5, 5.41) is 13.6. The molecule has 3 amide bonds. The Morgan fingerprint density at radius 2 is 1.42 bits per heavy atom. The predicted octanol–water partition coefficient (Wildman–Crippen LogP) is 3.89. The van der Waals surface area contributed by atoms with Gasteiger partial charge in [-0.1, -0.05) is 70.2 Å². The molecular formula is C38H63N7O5. The molecule has 12 heteroatoms. The number of fused-ring (bicyclic) bond motifs is 1. The summed E-state index contributed by atoms with van der Waals surface area (Å²) in [6.45, 7) is 11.7. The molecule has 280 valence electrons. The zero-order chi connectivity index (χ0) is 38.1. The van der Waals surface area contributed by atoms with Crippen molar-refractivity contribution in [2.24, 2.45) is 10.7 Å². The summed E-state index contributed by atoms with van der Waals surface area (Å²) < 4.78 is 0. The molecule has 3 atom stereocenters. The fourth-order valence-corrected chi connectivity index (χ4v) is 4.99. The monoisotopic (exact) mass is 697 g/mol. The summed E-state index contributed by atoms with van der Waals surface area (Å²) in [4.78, 5) is 69.0. The second-order valence-electron chi connectivity index (χ2n) is 11.7. The van der Waals surface area contributed by atoms with Crippen LogP contribution in [0.1, 0.15) is 92.1 Å². The van der Waals surface area contributed by atoms with Crippen LogP contribution in [-0.2, 0) is 30.4 Å². The quantitative estimate of drug-likeness (QED) is 0.0787. The number of hydrogen-bond donors (Lipinski definition) is 5. The number of carbonyl (C=O) groups excluding carboxylic acids is 5. The molecule has 6 N–H and O–H groups in total. The summed E-state index contributed by atoms with van der Waals surface area (Å²) in [7, 11) is 5.30. The van der Waals surface area contributed by atoms with E-state index in [1.807, 2.05) is 70.2 Å². The molecular weight excluding hydrogens is 634 g/mol. The molecule has 0 fully saturated rings. The molecule has 2 rings (SSSR count).